The number of nitrogens with zero attached hydrogens (tertiary/aromatic N) is 3. The first kappa shape index (κ1) is 19.1. The third-order valence-electron chi connectivity index (χ3n) is 4.84. The van der Waals surface area contributed by atoms with Crippen molar-refractivity contribution < 1.29 is 9.59 Å². The Hall–Kier alpha value is -2.67. The molecule has 1 aliphatic heterocycles. The number of carbonyl (C=O) groups excluding carboxylic acids is 2. The SMILES string of the molecule is CNC(=O)Cn1cc(NC(=O)c2ccc(CN3CCC[C@H](C)C3)cc2)cn1. The summed E-state index contributed by atoms with van der Waals surface area (Å²) in [6.45, 7) is 5.64. The van der Waals surface area contributed by atoms with Crippen LogP contribution in [-0.4, -0.2) is 46.6 Å². The van der Waals surface area contributed by atoms with E-state index < -0.39 is 0 Å². The zero-order chi connectivity index (χ0) is 19.2. The van der Waals surface area contributed by atoms with Crippen molar-refractivity contribution in [2.75, 3.05) is 25.5 Å². The standard InChI is InChI=1S/C20H27N5O2/c1-15-4-3-9-24(11-15)12-16-5-7-17(8-6-16)20(27)23-18-10-22-25(13-18)14-19(26)21-2/h5-8,10,13,15H,3-4,9,11-12,14H2,1-2H3,(H,21,26)(H,23,27)/t15-/m0/s1. The summed E-state index contributed by atoms with van der Waals surface area (Å²) in [5, 5.41) is 9.42. The van der Waals surface area contributed by atoms with Crippen molar-refractivity contribution in [3.63, 3.8) is 0 Å². The molecule has 2 heterocycles. The summed E-state index contributed by atoms with van der Waals surface area (Å²) >= 11 is 0. The van der Waals surface area contributed by atoms with Crippen molar-refractivity contribution in [1.29, 1.82) is 0 Å². The van der Waals surface area contributed by atoms with Gasteiger partial charge in [0.15, 0.2) is 0 Å². The van der Waals surface area contributed by atoms with Gasteiger partial charge >= 0.3 is 0 Å². The van der Waals surface area contributed by atoms with Gasteiger partial charge in [0.25, 0.3) is 5.91 Å². The molecular formula is C20H27N5O2. The van der Waals surface area contributed by atoms with Crippen LogP contribution in [0.25, 0.3) is 0 Å². The summed E-state index contributed by atoms with van der Waals surface area (Å²) in [7, 11) is 1.57. The Morgan fingerprint density at radius 2 is 2.04 bits per heavy atom. The smallest absolute Gasteiger partial charge is 0.255 e. The van der Waals surface area contributed by atoms with Crippen molar-refractivity contribution in [3.05, 3.63) is 47.8 Å². The molecule has 1 aromatic carbocycles. The maximum atomic E-state index is 12.4. The molecule has 7 nitrogen and oxygen atoms in total. The zero-order valence-electron chi connectivity index (χ0n) is 15.9. The minimum absolute atomic E-state index is 0.121. The molecule has 0 radical (unpaired) electrons. The third-order valence-corrected chi connectivity index (χ3v) is 4.84. The summed E-state index contributed by atoms with van der Waals surface area (Å²) in [5.41, 5.74) is 2.39. The number of amides is 2. The van der Waals surface area contributed by atoms with Crippen LogP contribution in [0.15, 0.2) is 36.7 Å². The normalized spacial score (nSPS) is 17.5. The van der Waals surface area contributed by atoms with Crippen LogP contribution in [0, 0.1) is 5.92 Å². The van der Waals surface area contributed by atoms with Crippen LogP contribution in [-0.2, 0) is 17.9 Å². The highest BCUT2D eigenvalue weighted by atomic mass is 16.2. The van der Waals surface area contributed by atoms with Crippen molar-refractivity contribution in [2.45, 2.75) is 32.9 Å². The van der Waals surface area contributed by atoms with E-state index in [-0.39, 0.29) is 18.4 Å². The average molecular weight is 369 g/mol. The van der Waals surface area contributed by atoms with E-state index in [4.69, 9.17) is 0 Å². The first-order valence-electron chi connectivity index (χ1n) is 9.39. The number of nitrogens with one attached hydrogen (secondary N) is 2. The quantitative estimate of drug-likeness (QED) is 0.817. The largest absolute Gasteiger partial charge is 0.358 e. The molecule has 27 heavy (non-hydrogen) atoms. The Bertz CT molecular complexity index is 784. The number of anilines is 1. The molecule has 0 spiro atoms. The minimum Gasteiger partial charge on any atom is -0.358 e. The van der Waals surface area contributed by atoms with E-state index in [2.05, 4.69) is 27.6 Å². The number of aromatic nitrogens is 2. The average Bonchev–Trinajstić information content (AvgIpc) is 3.09. The van der Waals surface area contributed by atoms with Crippen LogP contribution in [0.5, 0.6) is 0 Å². The van der Waals surface area contributed by atoms with E-state index in [1.807, 2.05) is 24.3 Å². The van der Waals surface area contributed by atoms with Crippen LogP contribution < -0.4 is 10.6 Å². The Kier molecular flexibility index (Phi) is 6.24. The highest BCUT2D eigenvalue weighted by Crippen LogP contribution is 2.18. The summed E-state index contributed by atoms with van der Waals surface area (Å²) in [6.07, 6.45) is 5.75. The molecule has 3 rings (SSSR count). The number of likely N-dealkylation sites (tertiary alicyclic amines) is 1. The molecule has 1 atom stereocenters. The second-order valence-corrected chi connectivity index (χ2v) is 7.23. The minimum atomic E-state index is -0.187. The lowest BCUT2D eigenvalue weighted by atomic mass is 9.99. The van der Waals surface area contributed by atoms with Gasteiger partial charge in [0.1, 0.15) is 6.54 Å². The van der Waals surface area contributed by atoms with E-state index in [1.54, 1.807) is 13.2 Å². The van der Waals surface area contributed by atoms with Gasteiger partial charge in [-0.3, -0.25) is 19.2 Å². The molecule has 2 amide bonds. The van der Waals surface area contributed by atoms with Gasteiger partial charge in [0.05, 0.1) is 11.9 Å². The zero-order valence-corrected chi connectivity index (χ0v) is 15.9. The molecule has 144 valence electrons. The van der Waals surface area contributed by atoms with Crippen molar-refractivity contribution in [2.24, 2.45) is 5.92 Å². The summed E-state index contributed by atoms with van der Waals surface area (Å²) in [6, 6.07) is 7.74. The summed E-state index contributed by atoms with van der Waals surface area (Å²) in [4.78, 5) is 26.2. The number of carbonyl (C=O) groups is 2. The number of hydrogen-bond acceptors (Lipinski definition) is 4. The van der Waals surface area contributed by atoms with E-state index in [1.165, 1.54) is 29.3 Å². The maximum absolute atomic E-state index is 12.4. The monoisotopic (exact) mass is 369 g/mol. The maximum Gasteiger partial charge on any atom is 0.255 e. The fraction of sp³-hybridized carbons (Fsp3) is 0.450. The Morgan fingerprint density at radius 3 is 2.74 bits per heavy atom. The molecule has 0 unspecified atom stereocenters. The van der Waals surface area contributed by atoms with Gasteiger partial charge in [-0.1, -0.05) is 19.1 Å². The second-order valence-electron chi connectivity index (χ2n) is 7.23. The second kappa shape index (κ2) is 8.81. The first-order valence-corrected chi connectivity index (χ1v) is 9.39. The predicted molar refractivity (Wildman–Crippen MR) is 104 cm³/mol. The number of piperidine rings is 1. The molecule has 0 bridgehead atoms. The Balaban J connectivity index is 1.55. The van der Waals surface area contributed by atoms with Gasteiger partial charge in [-0.2, -0.15) is 5.10 Å². The van der Waals surface area contributed by atoms with Crippen molar-refractivity contribution in [3.8, 4) is 0 Å². The lowest BCUT2D eigenvalue weighted by Gasteiger charge is -2.30. The van der Waals surface area contributed by atoms with Gasteiger partial charge in [-0.05, 0) is 43.0 Å². The summed E-state index contributed by atoms with van der Waals surface area (Å²) < 4.78 is 1.48. The molecule has 1 aromatic heterocycles. The molecule has 0 aliphatic carbocycles. The number of likely N-dealkylation sites (N-methyl/N-ethyl adjacent to an activating group) is 1. The molecule has 1 saturated heterocycles. The highest BCUT2D eigenvalue weighted by Gasteiger charge is 2.16. The topological polar surface area (TPSA) is 79.3 Å². The molecule has 1 aliphatic rings. The van der Waals surface area contributed by atoms with Crippen LogP contribution in [0.3, 0.4) is 0 Å². The molecule has 1 fully saturated rings. The van der Waals surface area contributed by atoms with Crippen molar-refractivity contribution >= 4 is 17.5 Å². The molecule has 0 saturated carbocycles. The van der Waals surface area contributed by atoms with Gasteiger partial charge in [0.2, 0.25) is 5.91 Å². The first-order chi connectivity index (χ1) is 13.0. The van der Waals surface area contributed by atoms with Gasteiger partial charge in [0, 0.05) is 31.9 Å². The lowest BCUT2D eigenvalue weighted by Crippen LogP contribution is -2.33. The third kappa shape index (κ3) is 5.40. The Morgan fingerprint density at radius 1 is 1.26 bits per heavy atom. The van der Waals surface area contributed by atoms with Crippen LogP contribution in [0.2, 0.25) is 0 Å². The fourth-order valence-corrected chi connectivity index (χ4v) is 3.39. The number of benzene rings is 1. The molecule has 2 aromatic rings. The number of hydrogen-bond donors (Lipinski definition) is 2. The van der Waals surface area contributed by atoms with E-state index >= 15 is 0 Å². The predicted octanol–water partition coefficient (Wildman–Crippen LogP) is 2.11. The molecule has 2 N–H and O–H groups in total. The van der Waals surface area contributed by atoms with E-state index in [0.29, 0.717) is 11.3 Å². The molecule has 7 heteroatoms. The summed E-state index contributed by atoms with van der Waals surface area (Å²) in [5.74, 6) is 0.426. The fourth-order valence-electron chi connectivity index (χ4n) is 3.39. The van der Waals surface area contributed by atoms with Gasteiger partial charge in [-0.15, -0.1) is 0 Å². The Labute approximate surface area is 159 Å². The van der Waals surface area contributed by atoms with Crippen molar-refractivity contribution in [1.82, 2.24) is 20.0 Å². The van der Waals surface area contributed by atoms with Crippen LogP contribution >= 0.6 is 0 Å². The van der Waals surface area contributed by atoms with Gasteiger partial charge in [-0.25, -0.2) is 0 Å². The van der Waals surface area contributed by atoms with E-state index in [9.17, 15) is 9.59 Å². The van der Waals surface area contributed by atoms with Crippen LogP contribution in [0.4, 0.5) is 5.69 Å². The number of rotatable bonds is 6. The van der Waals surface area contributed by atoms with E-state index in [0.717, 1.165) is 25.6 Å². The highest BCUT2D eigenvalue weighted by molar-refractivity contribution is 6.04. The van der Waals surface area contributed by atoms with Crippen LogP contribution in [0.1, 0.15) is 35.7 Å². The lowest BCUT2D eigenvalue weighted by molar-refractivity contribution is -0.121. The van der Waals surface area contributed by atoms with Gasteiger partial charge < -0.3 is 10.6 Å². The molecular weight excluding hydrogens is 342 g/mol.